The van der Waals surface area contributed by atoms with Crippen LogP contribution in [-0.2, 0) is 4.79 Å². The van der Waals surface area contributed by atoms with Gasteiger partial charge in [-0.2, -0.15) is 0 Å². The van der Waals surface area contributed by atoms with Crippen molar-refractivity contribution in [2.75, 3.05) is 12.5 Å². The number of nitrogens with zero attached hydrogens (tertiary/aromatic N) is 2. The highest BCUT2D eigenvalue weighted by atomic mass is 35.5. The van der Waals surface area contributed by atoms with E-state index >= 15 is 0 Å². The number of non-ortho nitro benzene ring substituents is 1. The zero-order valence-corrected chi connectivity index (χ0v) is 15.5. The quantitative estimate of drug-likeness (QED) is 0.365. The van der Waals surface area contributed by atoms with Crippen LogP contribution >= 0.6 is 22.9 Å². The molecule has 1 aromatic heterocycles. The van der Waals surface area contributed by atoms with Crippen LogP contribution < -0.4 is 15.6 Å². The van der Waals surface area contributed by atoms with E-state index in [1.807, 2.05) is 0 Å². The van der Waals surface area contributed by atoms with E-state index in [2.05, 4.69) is 15.8 Å². The Kier molecular flexibility index (Phi) is 5.53. The molecule has 8 nitrogen and oxygen atoms in total. The number of ether oxygens (including phenoxy) is 1. The van der Waals surface area contributed by atoms with Gasteiger partial charge in [-0.15, -0.1) is 0 Å². The van der Waals surface area contributed by atoms with Crippen LogP contribution in [0.4, 0.5) is 10.8 Å². The molecule has 0 bridgehead atoms. The highest BCUT2D eigenvalue weighted by molar-refractivity contribution is 7.22. The first kappa shape index (κ1) is 18.6. The standard InChI is InChI=1S/C17H13ClN4O4S/c1-26-13-7-6-12(18)16-15(13)19-17(27-16)21-20-14(23)8-5-10-3-2-4-11(9-10)22(24)25/h2-9H,1H3,(H,19,21)(H,20,23)/b8-5+. The van der Waals surface area contributed by atoms with Crippen LogP contribution in [0.5, 0.6) is 5.75 Å². The number of thiazole rings is 1. The number of halogens is 1. The van der Waals surface area contributed by atoms with Gasteiger partial charge in [0.1, 0.15) is 11.3 Å². The Morgan fingerprint density at radius 1 is 1.37 bits per heavy atom. The molecule has 1 amide bonds. The van der Waals surface area contributed by atoms with Crippen LogP contribution in [0.2, 0.25) is 5.02 Å². The largest absolute Gasteiger partial charge is 0.494 e. The second kappa shape index (κ2) is 8.02. The second-order valence-electron chi connectivity index (χ2n) is 5.25. The molecule has 1 heterocycles. The van der Waals surface area contributed by atoms with Crippen LogP contribution in [0.3, 0.4) is 0 Å². The molecule has 138 valence electrons. The third-order valence-corrected chi connectivity index (χ3v) is 4.91. The van der Waals surface area contributed by atoms with E-state index in [-0.39, 0.29) is 5.69 Å². The maximum absolute atomic E-state index is 11.9. The number of nitro groups is 1. The Hall–Kier alpha value is -3.17. The predicted molar refractivity (Wildman–Crippen MR) is 105 cm³/mol. The van der Waals surface area contributed by atoms with E-state index in [1.165, 1.54) is 42.7 Å². The molecule has 0 atom stereocenters. The van der Waals surface area contributed by atoms with E-state index < -0.39 is 10.8 Å². The molecule has 0 spiro atoms. The molecule has 0 radical (unpaired) electrons. The van der Waals surface area contributed by atoms with Gasteiger partial charge in [0, 0.05) is 18.2 Å². The number of fused-ring (bicyclic) bond motifs is 1. The van der Waals surface area contributed by atoms with Crippen LogP contribution in [0.15, 0.2) is 42.5 Å². The van der Waals surface area contributed by atoms with Gasteiger partial charge >= 0.3 is 0 Å². The van der Waals surface area contributed by atoms with Gasteiger partial charge in [-0.05, 0) is 23.8 Å². The summed E-state index contributed by atoms with van der Waals surface area (Å²) in [5.74, 6) is 0.134. The molecule has 0 saturated heterocycles. The van der Waals surface area contributed by atoms with Crippen molar-refractivity contribution in [3.8, 4) is 5.75 Å². The number of carbonyl (C=O) groups is 1. The lowest BCUT2D eigenvalue weighted by atomic mass is 10.2. The summed E-state index contributed by atoms with van der Waals surface area (Å²) < 4.78 is 5.98. The first-order valence-electron chi connectivity index (χ1n) is 7.59. The number of nitrogens with one attached hydrogen (secondary N) is 2. The number of hydrazine groups is 1. The average Bonchev–Trinajstić information content (AvgIpc) is 3.10. The van der Waals surface area contributed by atoms with Crippen molar-refractivity contribution in [1.82, 2.24) is 10.4 Å². The van der Waals surface area contributed by atoms with Gasteiger partial charge in [0.05, 0.1) is 21.8 Å². The fourth-order valence-corrected chi connectivity index (χ4v) is 3.35. The summed E-state index contributed by atoms with van der Waals surface area (Å²) >= 11 is 7.42. The zero-order valence-electron chi connectivity index (χ0n) is 13.9. The topological polar surface area (TPSA) is 106 Å². The number of hydrogen-bond acceptors (Lipinski definition) is 7. The molecule has 0 unspecified atom stereocenters. The molecule has 2 N–H and O–H groups in total. The molecular formula is C17H13ClN4O4S. The van der Waals surface area contributed by atoms with Crippen molar-refractivity contribution >= 4 is 56.0 Å². The minimum Gasteiger partial charge on any atom is -0.494 e. The highest BCUT2D eigenvalue weighted by Crippen LogP contribution is 2.37. The monoisotopic (exact) mass is 404 g/mol. The van der Waals surface area contributed by atoms with Gasteiger partial charge in [0.2, 0.25) is 5.13 Å². The fourth-order valence-electron chi connectivity index (χ4n) is 2.24. The Bertz CT molecular complexity index is 1050. The van der Waals surface area contributed by atoms with Crippen molar-refractivity contribution in [2.24, 2.45) is 0 Å². The predicted octanol–water partition coefficient (Wildman–Crippen LogP) is 4.02. The molecule has 10 heteroatoms. The van der Waals surface area contributed by atoms with Gasteiger partial charge in [-0.3, -0.25) is 25.8 Å². The van der Waals surface area contributed by atoms with Gasteiger partial charge in [0.25, 0.3) is 11.6 Å². The summed E-state index contributed by atoms with van der Waals surface area (Å²) in [6, 6.07) is 9.39. The second-order valence-corrected chi connectivity index (χ2v) is 6.65. The first-order chi connectivity index (χ1) is 13.0. The average molecular weight is 405 g/mol. The summed E-state index contributed by atoms with van der Waals surface area (Å²) in [6.45, 7) is 0. The van der Waals surface area contributed by atoms with Crippen molar-refractivity contribution in [2.45, 2.75) is 0 Å². The third-order valence-electron chi connectivity index (χ3n) is 3.48. The van der Waals surface area contributed by atoms with Crippen molar-refractivity contribution < 1.29 is 14.5 Å². The number of benzene rings is 2. The smallest absolute Gasteiger partial charge is 0.270 e. The number of nitro benzene ring substituents is 1. The minimum atomic E-state index is -0.495. The van der Waals surface area contributed by atoms with E-state index in [0.717, 1.165) is 4.70 Å². The summed E-state index contributed by atoms with van der Waals surface area (Å²) in [6.07, 6.45) is 2.73. The number of carbonyl (C=O) groups excluding carboxylic acids is 1. The summed E-state index contributed by atoms with van der Waals surface area (Å²) in [7, 11) is 1.54. The third kappa shape index (κ3) is 4.33. The molecule has 0 aliphatic rings. The lowest BCUT2D eigenvalue weighted by Gasteiger charge is -2.01. The SMILES string of the molecule is COc1ccc(Cl)c2sc(NNC(=O)/C=C/c3cccc([N+](=O)[O-])c3)nc12. The van der Waals surface area contributed by atoms with Crippen LogP contribution in [-0.4, -0.2) is 22.9 Å². The molecule has 0 fully saturated rings. The number of rotatable bonds is 6. The van der Waals surface area contributed by atoms with Gasteiger partial charge in [0.15, 0.2) is 0 Å². The Morgan fingerprint density at radius 2 is 2.19 bits per heavy atom. The van der Waals surface area contributed by atoms with Crippen molar-refractivity contribution in [3.63, 3.8) is 0 Å². The number of aromatic nitrogens is 1. The van der Waals surface area contributed by atoms with E-state index in [9.17, 15) is 14.9 Å². The summed E-state index contributed by atoms with van der Waals surface area (Å²) in [5.41, 5.74) is 6.28. The molecule has 27 heavy (non-hydrogen) atoms. The van der Waals surface area contributed by atoms with E-state index in [0.29, 0.717) is 27.0 Å². The lowest BCUT2D eigenvalue weighted by Crippen LogP contribution is -2.27. The zero-order chi connectivity index (χ0) is 19.4. The molecule has 0 saturated carbocycles. The van der Waals surface area contributed by atoms with Gasteiger partial charge in [-0.1, -0.05) is 35.1 Å². The van der Waals surface area contributed by atoms with Crippen molar-refractivity contribution in [3.05, 3.63) is 63.2 Å². The Balaban J connectivity index is 1.67. The van der Waals surface area contributed by atoms with Crippen LogP contribution in [0, 0.1) is 10.1 Å². The lowest BCUT2D eigenvalue weighted by molar-refractivity contribution is -0.384. The number of anilines is 1. The van der Waals surface area contributed by atoms with Gasteiger partial charge in [-0.25, -0.2) is 4.98 Å². The first-order valence-corrected chi connectivity index (χ1v) is 8.79. The maximum Gasteiger partial charge on any atom is 0.270 e. The Labute approximate surface area is 162 Å². The Morgan fingerprint density at radius 3 is 2.93 bits per heavy atom. The van der Waals surface area contributed by atoms with Crippen LogP contribution in [0.25, 0.3) is 16.3 Å². The minimum absolute atomic E-state index is 0.0454. The fraction of sp³-hybridized carbons (Fsp3) is 0.0588. The van der Waals surface area contributed by atoms with Crippen LogP contribution in [0.1, 0.15) is 5.56 Å². The van der Waals surface area contributed by atoms with Gasteiger partial charge < -0.3 is 4.74 Å². The van der Waals surface area contributed by atoms with E-state index in [1.54, 1.807) is 24.3 Å². The number of hydrogen-bond donors (Lipinski definition) is 2. The molecular weight excluding hydrogens is 392 g/mol. The molecule has 3 rings (SSSR count). The van der Waals surface area contributed by atoms with Crippen molar-refractivity contribution in [1.29, 1.82) is 0 Å². The number of amides is 1. The normalized spacial score (nSPS) is 10.9. The summed E-state index contributed by atoms with van der Waals surface area (Å²) in [5, 5.41) is 11.7. The molecule has 3 aromatic rings. The molecule has 0 aliphatic carbocycles. The summed E-state index contributed by atoms with van der Waals surface area (Å²) in [4.78, 5) is 26.6. The number of methoxy groups -OCH3 is 1. The molecule has 2 aromatic carbocycles. The maximum atomic E-state index is 11.9. The molecule has 0 aliphatic heterocycles. The van der Waals surface area contributed by atoms with E-state index in [4.69, 9.17) is 16.3 Å². The highest BCUT2D eigenvalue weighted by Gasteiger charge is 2.12.